The zero-order valence-corrected chi connectivity index (χ0v) is 13.7. The van der Waals surface area contributed by atoms with E-state index < -0.39 is 0 Å². The maximum absolute atomic E-state index is 12.6. The Morgan fingerprint density at radius 3 is 2.38 bits per heavy atom. The Morgan fingerprint density at radius 1 is 1.14 bits per heavy atom. The van der Waals surface area contributed by atoms with Crippen LogP contribution in [0.4, 0.5) is 5.69 Å². The van der Waals surface area contributed by atoms with Crippen LogP contribution >= 0.6 is 22.6 Å². The van der Waals surface area contributed by atoms with Gasteiger partial charge in [-0.2, -0.15) is 0 Å². The lowest BCUT2D eigenvalue weighted by molar-refractivity contribution is -0.920. The number of aliphatic hydroxyl groups is 1. The summed E-state index contributed by atoms with van der Waals surface area (Å²) < 4.78 is 1.07. The van der Waals surface area contributed by atoms with E-state index in [1.807, 2.05) is 24.3 Å². The number of hydrogen-bond acceptors (Lipinski definition) is 3. The summed E-state index contributed by atoms with van der Waals surface area (Å²) in [7, 11) is 0. The van der Waals surface area contributed by atoms with Crippen LogP contribution in [-0.4, -0.2) is 42.2 Å². The first kappa shape index (κ1) is 14.9. The van der Waals surface area contributed by atoms with E-state index in [9.17, 15) is 14.7 Å². The van der Waals surface area contributed by atoms with Gasteiger partial charge in [0, 0.05) is 16.4 Å². The fraction of sp³-hybridized carbons (Fsp3) is 0.467. The first-order valence-corrected chi connectivity index (χ1v) is 8.29. The molecule has 0 saturated carbocycles. The van der Waals surface area contributed by atoms with Crippen LogP contribution < -0.4 is 9.80 Å². The number of nitrogens with one attached hydrogen (secondary N) is 1. The molecule has 6 heteroatoms. The highest BCUT2D eigenvalue weighted by Gasteiger charge is 2.46. The third-order valence-electron chi connectivity index (χ3n) is 4.32. The van der Waals surface area contributed by atoms with Gasteiger partial charge in [0.1, 0.15) is 0 Å². The molecule has 0 bridgehead atoms. The predicted molar refractivity (Wildman–Crippen MR) is 86.0 cm³/mol. The number of quaternary nitrogens is 1. The van der Waals surface area contributed by atoms with E-state index in [1.54, 1.807) is 0 Å². The van der Waals surface area contributed by atoms with Crippen molar-refractivity contribution in [1.29, 1.82) is 0 Å². The van der Waals surface area contributed by atoms with Crippen LogP contribution in [0.2, 0.25) is 0 Å². The van der Waals surface area contributed by atoms with Gasteiger partial charge in [-0.25, -0.2) is 4.90 Å². The summed E-state index contributed by atoms with van der Waals surface area (Å²) in [6, 6.07) is 7.14. The average molecular weight is 401 g/mol. The number of imide groups is 1. The molecule has 2 aliphatic heterocycles. The predicted octanol–water partition coefficient (Wildman–Crippen LogP) is -0.0373. The van der Waals surface area contributed by atoms with Crippen molar-refractivity contribution >= 4 is 40.1 Å². The van der Waals surface area contributed by atoms with Gasteiger partial charge in [-0.3, -0.25) is 9.59 Å². The summed E-state index contributed by atoms with van der Waals surface area (Å²) in [6.45, 7) is 1.51. The number of aliphatic hydroxyl groups excluding tert-OH is 1. The Balaban J connectivity index is 1.77. The van der Waals surface area contributed by atoms with Crippen molar-refractivity contribution in [2.75, 3.05) is 18.0 Å². The number of benzene rings is 1. The number of carbonyl (C=O) groups is 2. The molecule has 2 N–H and O–H groups in total. The second-order valence-electron chi connectivity index (χ2n) is 5.69. The van der Waals surface area contributed by atoms with Crippen LogP contribution in [-0.2, 0) is 9.59 Å². The molecule has 3 rings (SSSR count). The molecule has 1 atom stereocenters. The first-order valence-electron chi connectivity index (χ1n) is 7.21. The van der Waals surface area contributed by atoms with E-state index in [0.717, 1.165) is 21.6 Å². The van der Waals surface area contributed by atoms with E-state index >= 15 is 0 Å². The summed E-state index contributed by atoms with van der Waals surface area (Å²) in [4.78, 5) is 27.3. The molecule has 112 valence electrons. The quantitative estimate of drug-likeness (QED) is 0.541. The van der Waals surface area contributed by atoms with Gasteiger partial charge >= 0.3 is 0 Å². The zero-order chi connectivity index (χ0) is 15.0. The lowest BCUT2D eigenvalue weighted by Crippen LogP contribution is -3.17. The third-order valence-corrected chi connectivity index (χ3v) is 5.04. The zero-order valence-electron chi connectivity index (χ0n) is 11.6. The summed E-state index contributed by atoms with van der Waals surface area (Å²) >= 11 is 2.20. The molecule has 5 nitrogen and oxygen atoms in total. The molecule has 1 aromatic rings. The molecule has 2 amide bonds. The van der Waals surface area contributed by atoms with Crippen molar-refractivity contribution in [3.63, 3.8) is 0 Å². The molecule has 2 heterocycles. The smallest absolute Gasteiger partial charge is 0.292 e. The van der Waals surface area contributed by atoms with Crippen molar-refractivity contribution in [3.8, 4) is 0 Å². The number of halogens is 1. The van der Waals surface area contributed by atoms with Crippen molar-refractivity contribution < 1.29 is 19.6 Å². The number of nitrogens with zero attached hydrogens (tertiary/aromatic N) is 1. The van der Waals surface area contributed by atoms with Crippen LogP contribution in [0.5, 0.6) is 0 Å². The number of amides is 2. The lowest BCUT2D eigenvalue weighted by atomic mass is 10.1. The first-order chi connectivity index (χ1) is 10.1. The number of likely N-dealkylation sites (tertiary alicyclic amines) is 1. The number of anilines is 1. The fourth-order valence-corrected chi connectivity index (χ4v) is 3.49. The second kappa shape index (κ2) is 6.02. The Bertz CT molecular complexity index is 553. The highest BCUT2D eigenvalue weighted by molar-refractivity contribution is 14.1. The largest absolute Gasteiger partial charge is 0.393 e. The summed E-state index contributed by atoms with van der Waals surface area (Å²) in [5.74, 6) is -0.225. The van der Waals surface area contributed by atoms with E-state index in [1.165, 1.54) is 4.90 Å². The molecule has 0 aromatic heterocycles. The van der Waals surface area contributed by atoms with Gasteiger partial charge in [0.15, 0.2) is 6.04 Å². The lowest BCUT2D eigenvalue weighted by Gasteiger charge is -2.29. The maximum Gasteiger partial charge on any atom is 0.292 e. The molecule has 0 radical (unpaired) electrons. The minimum absolute atomic E-state index is 0.104. The van der Waals surface area contributed by atoms with Crippen molar-refractivity contribution in [3.05, 3.63) is 27.8 Å². The van der Waals surface area contributed by atoms with Crippen LogP contribution in [0.1, 0.15) is 19.3 Å². The van der Waals surface area contributed by atoms with Crippen molar-refractivity contribution in [2.24, 2.45) is 0 Å². The Hall–Kier alpha value is -0.990. The van der Waals surface area contributed by atoms with Crippen molar-refractivity contribution in [2.45, 2.75) is 31.4 Å². The second-order valence-corrected chi connectivity index (χ2v) is 6.94. The Kier molecular flexibility index (Phi) is 4.28. The molecule has 0 spiro atoms. The molecule has 2 aliphatic rings. The minimum atomic E-state index is -0.288. The average Bonchev–Trinajstić information content (AvgIpc) is 2.76. The summed E-state index contributed by atoms with van der Waals surface area (Å²) in [6.07, 6.45) is 1.43. The fourth-order valence-electron chi connectivity index (χ4n) is 3.13. The van der Waals surface area contributed by atoms with Gasteiger partial charge in [0.05, 0.1) is 31.3 Å². The minimum Gasteiger partial charge on any atom is -0.393 e. The topological polar surface area (TPSA) is 62.1 Å². The number of piperidine rings is 1. The summed E-state index contributed by atoms with van der Waals surface area (Å²) in [5, 5.41) is 9.57. The van der Waals surface area contributed by atoms with E-state index in [4.69, 9.17) is 0 Å². The van der Waals surface area contributed by atoms with Gasteiger partial charge in [-0.1, -0.05) is 0 Å². The number of hydrogen-bond donors (Lipinski definition) is 2. The Labute approximate surface area is 137 Å². The highest BCUT2D eigenvalue weighted by Crippen LogP contribution is 2.23. The number of rotatable bonds is 2. The third kappa shape index (κ3) is 2.97. The van der Waals surface area contributed by atoms with E-state index in [-0.39, 0.29) is 30.4 Å². The van der Waals surface area contributed by atoms with E-state index in [2.05, 4.69) is 22.6 Å². The standard InChI is InChI=1S/C15H17IN2O3/c16-10-1-3-11(4-2-10)18-14(20)9-13(15(18)21)17-7-5-12(19)6-8-17/h1-4,12-13,19H,5-9H2/p+1/t13-/m0/s1. The molecule has 0 aliphatic carbocycles. The SMILES string of the molecule is O=C1C[C@H]([NH+]2CCC(O)CC2)C(=O)N1c1ccc(I)cc1. The molecular weight excluding hydrogens is 383 g/mol. The molecule has 21 heavy (non-hydrogen) atoms. The maximum atomic E-state index is 12.6. The molecule has 0 unspecified atom stereocenters. The highest BCUT2D eigenvalue weighted by atomic mass is 127. The van der Waals surface area contributed by atoms with Gasteiger partial charge in [-0.05, 0) is 46.9 Å². The number of carbonyl (C=O) groups excluding carboxylic acids is 2. The molecule has 2 saturated heterocycles. The Morgan fingerprint density at radius 2 is 1.76 bits per heavy atom. The van der Waals surface area contributed by atoms with Gasteiger partial charge in [0.2, 0.25) is 5.91 Å². The monoisotopic (exact) mass is 401 g/mol. The molecular formula is C15H18IN2O3+. The summed E-state index contributed by atoms with van der Waals surface area (Å²) in [5.41, 5.74) is 0.657. The van der Waals surface area contributed by atoms with Crippen LogP contribution in [0.25, 0.3) is 0 Å². The normalized spacial score (nSPS) is 30.0. The van der Waals surface area contributed by atoms with Crippen LogP contribution in [0, 0.1) is 3.57 Å². The van der Waals surface area contributed by atoms with Crippen molar-refractivity contribution in [1.82, 2.24) is 0 Å². The van der Waals surface area contributed by atoms with Gasteiger partial charge in [-0.15, -0.1) is 0 Å². The molecule has 2 fully saturated rings. The molecule has 1 aromatic carbocycles. The van der Waals surface area contributed by atoms with Gasteiger partial charge in [0.25, 0.3) is 5.91 Å². The van der Waals surface area contributed by atoms with E-state index in [0.29, 0.717) is 18.5 Å². The van der Waals surface area contributed by atoms with Crippen LogP contribution in [0.15, 0.2) is 24.3 Å². The van der Waals surface area contributed by atoms with Gasteiger partial charge < -0.3 is 10.0 Å². The van der Waals surface area contributed by atoms with Crippen LogP contribution in [0.3, 0.4) is 0 Å².